The van der Waals surface area contributed by atoms with Crippen LogP contribution in [0.25, 0.3) is 11.3 Å². The summed E-state index contributed by atoms with van der Waals surface area (Å²) in [5, 5.41) is 18.7. The number of hydrogen-bond acceptors (Lipinski definition) is 5. The van der Waals surface area contributed by atoms with Crippen molar-refractivity contribution >= 4 is 23.5 Å². The molecule has 0 bridgehead atoms. The Kier molecular flexibility index (Phi) is 14.4. The molecule has 2 unspecified atom stereocenters. The molecule has 14 heteroatoms. The SMILES string of the molecule is CC(CCN1CCC(NCc2ccc(-c3ccc(Cl)cc3)o2)C1)CC(C)(C)C.O=C(O)C(F)(F)F.O=C(O)C(F)(F)F. The lowest BCUT2D eigenvalue weighted by atomic mass is 9.84. The minimum absolute atomic E-state index is 0.433. The summed E-state index contributed by atoms with van der Waals surface area (Å²) in [7, 11) is 0. The number of carbonyl (C=O) groups is 2. The number of nitrogens with one attached hydrogen (secondary N) is 1. The molecule has 1 aliphatic rings. The number of nitrogens with zero attached hydrogens (tertiary/aromatic N) is 1. The van der Waals surface area contributed by atoms with E-state index in [0.29, 0.717) is 11.5 Å². The molecule has 3 N–H and O–H groups in total. The second-order valence-electron chi connectivity index (χ2n) is 11.2. The van der Waals surface area contributed by atoms with Crippen LogP contribution in [-0.4, -0.2) is 65.1 Å². The predicted molar refractivity (Wildman–Crippen MR) is 146 cm³/mol. The summed E-state index contributed by atoms with van der Waals surface area (Å²) in [5.41, 5.74) is 1.50. The Morgan fingerprint density at radius 3 is 2.00 bits per heavy atom. The predicted octanol–water partition coefficient (Wildman–Crippen LogP) is 7.49. The zero-order chi connectivity index (χ0) is 32.3. The number of alkyl halides is 6. The molecule has 1 saturated heterocycles. The number of benzene rings is 1. The van der Waals surface area contributed by atoms with Crippen molar-refractivity contribution in [3.63, 3.8) is 0 Å². The lowest BCUT2D eigenvalue weighted by molar-refractivity contribution is -0.193. The first-order valence-electron chi connectivity index (χ1n) is 13.1. The Hall–Kier alpha value is -2.77. The summed E-state index contributed by atoms with van der Waals surface area (Å²) in [5.74, 6) is -2.84. The van der Waals surface area contributed by atoms with Crippen molar-refractivity contribution < 1.29 is 50.6 Å². The van der Waals surface area contributed by atoms with Crippen LogP contribution in [0.15, 0.2) is 40.8 Å². The Morgan fingerprint density at radius 1 is 1.00 bits per heavy atom. The van der Waals surface area contributed by atoms with Crippen LogP contribution in [0.4, 0.5) is 26.3 Å². The Morgan fingerprint density at radius 2 is 1.52 bits per heavy atom. The largest absolute Gasteiger partial charge is 0.490 e. The second-order valence-corrected chi connectivity index (χ2v) is 11.6. The van der Waals surface area contributed by atoms with E-state index in [1.165, 1.54) is 32.4 Å². The fourth-order valence-corrected chi connectivity index (χ4v) is 4.37. The van der Waals surface area contributed by atoms with E-state index >= 15 is 0 Å². The van der Waals surface area contributed by atoms with E-state index in [1.54, 1.807) is 0 Å². The summed E-state index contributed by atoms with van der Waals surface area (Å²) in [6.45, 7) is 13.8. The number of halogens is 7. The van der Waals surface area contributed by atoms with Gasteiger partial charge in [0.25, 0.3) is 0 Å². The van der Waals surface area contributed by atoms with Gasteiger partial charge in [-0.15, -0.1) is 0 Å². The number of aliphatic carboxylic acids is 2. The number of furan rings is 1. The summed E-state index contributed by atoms with van der Waals surface area (Å²) in [6.07, 6.45) is -6.35. The highest BCUT2D eigenvalue weighted by molar-refractivity contribution is 6.30. The van der Waals surface area contributed by atoms with Crippen molar-refractivity contribution in [2.75, 3.05) is 19.6 Å². The Bertz CT molecular complexity index is 1090. The number of hydrogen-bond donors (Lipinski definition) is 3. The van der Waals surface area contributed by atoms with Gasteiger partial charge >= 0.3 is 24.3 Å². The molecule has 2 aromatic rings. The maximum atomic E-state index is 10.6. The van der Waals surface area contributed by atoms with Crippen LogP contribution >= 0.6 is 11.6 Å². The molecule has 0 saturated carbocycles. The molecule has 0 amide bonds. The standard InChI is InChI=1S/C24H35ClN2O.2C2HF3O2/c1-18(15-24(2,3)4)11-13-27-14-12-21(17-27)26-16-22-9-10-23(28-22)19-5-7-20(25)8-6-19;2*3-2(4,5)1(6)7/h5-10,18,21,26H,11-17H2,1-4H3;2*(H,6,7). The monoisotopic (exact) mass is 630 g/mol. The van der Waals surface area contributed by atoms with Crippen LogP contribution in [-0.2, 0) is 16.1 Å². The van der Waals surface area contributed by atoms with E-state index in [2.05, 4.69) is 44.0 Å². The number of carboxylic acid groups (broad SMARTS) is 2. The second kappa shape index (κ2) is 16.2. The maximum Gasteiger partial charge on any atom is 0.490 e. The van der Waals surface area contributed by atoms with E-state index in [-0.39, 0.29) is 0 Å². The lowest BCUT2D eigenvalue weighted by Gasteiger charge is -2.25. The highest BCUT2D eigenvalue weighted by atomic mass is 35.5. The van der Waals surface area contributed by atoms with Crippen molar-refractivity contribution in [1.82, 2.24) is 10.2 Å². The quantitative estimate of drug-likeness (QED) is 0.260. The van der Waals surface area contributed by atoms with Crippen molar-refractivity contribution in [3.8, 4) is 11.3 Å². The zero-order valence-electron chi connectivity index (χ0n) is 23.8. The average Bonchev–Trinajstić information content (AvgIpc) is 3.50. The lowest BCUT2D eigenvalue weighted by Crippen LogP contribution is -2.32. The summed E-state index contributed by atoms with van der Waals surface area (Å²) >= 11 is 5.96. The third-order valence-electron chi connectivity index (χ3n) is 6.01. The third kappa shape index (κ3) is 15.5. The normalized spacial score (nSPS) is 16.6. The van der Waals surface area contributed by atoms with Gasteiger partial charge in [0.1, 0.15) is 11.5 Å². The molecule has 1 fully saturated rings. The number of carboxylic acids is 2. The zero-order valence-corrected chi connectivity index (χ0v) is 24.5. The first kappa shape index (κ1) is 37.3. The van der Waals surface area contributed by atoms with Crippen LogP contribution in [0.3, 0.4) is 0 Å². The minimum Gasteiger partial charge on any atom is -0.475 e. The molecule has 0 radical (unpaired) electrons. The molecule has 42 heavy (non-hydrogen) atoms. The molecule has 238 valence electrons. The highest BCUT2D eigenvalue weighted by Crippen LogP contribution is 2.27. The van der Waals surface area contributed by atoms with Crippen molar-refractivity contribution in [2.45, 2.75) is 71.9 Å². The van der Waals surface area contributed by atoms with Gasteiger partial charge in [-0.25, -0.2) is 9.59 Å². The van der Waals surface area contributed by atoms with Crippen LogP contribution in [0, 0.1) is 11.3 Å². The fourth-order valence-electron chi connectivity index (χ4n) is 4.24. The van der Waals surface area contributed by atoms with Gasteiger partial charge in [-0.3, -0.25) is 0 Å². The molecule has 0 spiro atoms. The molecule has 2 heterocycles. The van der Waals surface area contributed by atoms with Gasteiger partial charge in [0.05, 0.1) is 6.54 Å². The van der Waals surface area contributed by atoms with Crippen molar-refractivity contribution in [3.05, 3.63) is 47.2 Å². The molecular formula is C28H37ClF6N2O5. The van der Waals surface area contributed by atoms with Gasteiger partial charge in [0.2, 0.25) is 0 Å². The van der Waals surface area contributed by atoms with E-state index in [0.717, 1.165) is 41.1 Å². The molecule has 1 aromatic heterocycles. The van der Waals surface area contributed by atoms with Crippen molar-refractivity contribution in [1.29, 1.82) is 0 Å². The van der Waals surface area contributed by atoms with Gasteiger partial charge in [-0.1, -0.05) is 39.3 Å². The Balaban J connectivity index is 0.000000522. The van der Waals surface area contributed by atoms with E-state index < -0.39 is 24.3 Å². The third-order valence-corrected chi connectivity index (χ3v) is 6.26. The van der Waals surface area contributed by atoms with Gasteiger partial charge < -0.3 is 24.8 Å². The van der Waals surface area contributed by atoms with Crippen LogP contribution in [0.5, 0.6) is 0 Å². The smallest absolute Gasteiger partial charge is 0.475 e. The maximum absolute atomic E-state index is 10.6. The van der Waals surface area contributed by atoms with Crippen LogP contribution < -0.4 is 5.32 Å². The molecule has 0 aliphatic carbocycles. The number of likely N-dealkylation sites (tertiary alicyclic amines) is 1. The van der Waals surface area contributed by atoms with E-state index in [1.807, 2.05) is 30.3 Å². The number of rotatable bonds is 8. The van der Waals surface area contributed by atoms with Crippen LogP contribution in [0.2, 0.25) is 5.02 Å². The highest BCUT2D eigenvalue weighted by Gasteiger charge is 2.38. The average molecular weight is 631 g/mol. The molecule has 7 nitrogen and oxygen atoms in total. The summed E-state index contributed by atoms with van der Waals surface area (Å²) in [4.78, 5) is 20.4. The van der Waals surface area contributed by atoms with E-state index in [4.69, 9.17) is 35.8 Å². The topological polar surface area (TPSA) is 103 Å². The molecular weight excluding hydrogens is 594 g/mol. The minimum atomic E-state index is -5.08. The summed E-state index contributed by atoms with van der Waals surface area (Å²) < 4.78 is 69.5. The molecule has 2 atom stereocenters. The van der Waals surface area contributed by atoms with Gasteiger partial charge in [0.15, 0.2) is 0 Å². The van der Waals surface area contributed by atoms with E-state index in [9.17, 15) is 26.3 Å². The van der Waals surface area contributed by atoms with Gasteiger partial charge in [0, 0.05) is 23.2 Å². The first-order valence-corrected chi connectivity index (χ1v) is 13.5. The fraction of sp³-hybridized carbons (Fsp3) is 0.571. The molecule has 1 aromatic carbocycles. The molecule has 3 rings (SSSR count). The summed E-state index contributed by atoms with van der Waals surface area (Å²) in [6, 6.07) is 12.4. The van der Waals surface area contributed by atoms with Crippen LogP contribution in [0.1, 0.15) is 52.7 Å². The first-order chi connectivity index (χ1) is 19.2. The van der Waals surface area contributed by atoms with Gasteiger partial charge in [-0.05, 0) is 80.1 Å². The van der Waals surface area contributed by atoms with Gasteiger partial charge in [-0.2, -0.15) is 26.3 Å². The van der Waals surface area contributed by atoms with Crippen molar-refractivity contribution in [2.24, 2.45) is 11.3 Å². The molecule has 1 aliphatic heterocycles. The Labute approximate surface area is 245 Å².